The van der Waals surface area contributed by atoms with Gasteiger partial charge in [-0.25, -0.2) is 9.78 Å². The molecule has 12 nitrogen and oxygen atoms in total. The van der Waals surface area contributed by atoms with Gasteiger partial charge >= 0.3 is 6.09 Å². The van der Waals surface area contributed by atoms with Crippen LogP contribution >= 0.6 is 0 Å². The number of nitrogens with zero attached hydrogens (tertiary/aromatic N) is 3. The third-order valence-corrected chi connectivity index (χ3v) is 7.08. The molecule has 12 heteroatoms. The van der Waals surface area contributed by atoms with Crippen molar-refractivity contribution in [2.75, 3.05) is 18.5 Å². The second-order valence-electron chi connectivity index (χ2n) is 12.5. The number of aromatic nitrogens is 2. The molecule has 1 aromatic heterocycles. The van der Waals surface area contributed by atoms with E-state index in [0.717, 1.165) is 17.5 Å². The summed E-state index contributed by atoms with van der Waals surface area (Å²) in [5.74, 6) is -1.03. The van der Waals surface area contributed by atoms with E-state index in [9.17, 15) is 19.2 Å². The lowest BCUT2D eigenvalue weighted by atomic mass is 10.00. The summed E-state index contributed by atoms with van der Waals surface area (Å²) in [5.41, 5.74) is 1.14. The molecule has 0 unspecified atom stereocenters. The predicted molar refractivity (Wildman–Crippen MR) is 168 cm³/mol. The van der Waals surface area contributed by atoms with Gasteiger partial charge in [-0.05, 0) is 57.7 Å². The van der Waals surface area contributed by atoms with Gasteiger partial charge in [0.2, 0.25) is 11.8 Å². The van der Waals surface area contributed by atoms with Crippen molar-refractivity contribution in [3.63, 3.8) is 0 Å². The Morgan fingerprint density at radius 1 is 0.956 bits per heavy atom. The number of nitrogens with one attached hydrogen (secondary N) is 3. The summed E-state index contributed by atoms with van der Waals surface area (Å²) in [6.45, 7) is 9.49. The molecule has 240 valence electrons. The van der Waals surface area contributed by atoms with Gasteiger partial charge in [0, 0.05) is 19.3 Å². The minimum Gasteiger partial charge on any atom is -0.444 e. The average Bonchev–Trinajstić information content (AvgIpc) is 3.41. The van der Waals surface area contributed by atoms with E-state index in [-0.39, 0.29) is 31.5 Å². The van der Waals surface area contributed by atoms with E-state index in [0.29, 0.717) is 13.1 Å². The standard InChI is InChI=1S/C33H42N6O6/c1-32(2,3)45-31(43)37-33(4,5)30(42)35-26(21-44-20-23-11-7-6-8-12-23)29(41)36-27-18-38(22-34-27)19-28(40)39-16-15-24-13-9-10-14-25(24)17-39/h6-14,18,22,26H,15-17,19-21H2,1-5H3,(H,35,42)(H,36,41)(H,37,43)/t26-/m1/s1. The molecule has 1 aliphatic heterocycles. The van der Waals surface area contributed by atoms with E-state index in [1.54, 1.807) is 31.5 Å². The van der Waals surface area contributed by atoms with E-state index in [1.165, 1.54) is 25.7 Å². The molecule has 1 aliphatic rings. The maximum absolute atomic E-state index is 13.4. The van der Waals surface area contributed by atoms with Crippen molar-refractivity contribution >= 4 is 29.6 Å². The third-order valence-electron chi connectivity index (χ3n) is 7.08. The van der Waals surface area contributed by atoms with Crippen LogP contribution in [-0.4, -0.2) is 68.6 Å². The first-order valence-electron chi connectivity index (χ1n) is 14.9. The maximum Gasteiger partial charge on any atom is 0.408 e. The van der Waals surface area contributed by atoms with Crippen LogP contribution in [0.4, 0.5) is 10.6 Å². The fraction of sp³-hybridized carbons (Fsp3) is 0.424. The molecule has 2 aromatic carbocycles. The molecule has 4 amide bonds. The molecule has 0 fully saturated rings. The number of alkyl carbamates (subject to hydrolysis) is 1. The molecule has 3 N–H and O–H groups in total. The van der Waals surface area contributed by atoms with E-state index in [2.05, 4.69) is 27.0 Å². The van der Waals surface area contributed by atoms with Gasteiger partial charge in [0.05, 0.1) is 19.5 Å². The molecule has 45 heavy (non-hydrogen) atoms. The van der Waals surface area contributed by atoms with Crippen LogP contribution in [0.5, 0.6) is 0 Å². The van der Waals surface area contributed by atoms with Crippen LogP contribution in [0.3, 0.4) is 0 Å². The first-order valence-corrected chi connectivity index (χ1v) is 14.9. The minimum absolute atomic E-state index is 0.0565. The zero-order chi connectivity index (χ0) is 32.6. The number of amides is 4. The topological polar surface area (TPSA) is 144 Å². The fourth-order valence-corrected chi connectivity index (χ4v) is 4.70. The molecular formula is C33H42N6O6. The molecule has 0 saturated carbocycles. The second-order valence-corrected chi connectivity index (χ2v) is 12.5. The summed E-state index contributed by atoms with van der Waals surface area (Å²) in [5, 5.41) is 7.93. The number of hydrogen-bond acceptors (Lipinski definition) is 7. The average molecular weight is 619 g/mol. The number of carbonyl (C=O) groups excluding carboxylic acids is 4. The Kier molecular flexibility index (Phi) is 10.6. The normalized spacial score (nSPS) is 13.8. The summed E-state index contributed by atoms with van der Waals surface area (Å²) < 4.78 is 12.7. The lowest BCUT2D eigenvalue weighted by Crippen LogP contribution is -2.59. The second kappa shape index (κ2) is 14.4. The van der Waals surface area contributed by atoms with Crippen molar-refractivity contribution in [2.24, 2.45) is 0 Å². The number of rotatable bonds is 11. The summed E-state index contributed by atoms with van der Waals surface area (Å²) in [4.78, 5) is 58.0. The highest BCUT2D eigenvalue weighted by molar-refractivity contribution is 5.98. The first-order chi connectivity index (χ1) is 21.3. The number of ether oxygens (including phenoxy) is 2. The van der Waals surface area contributed by atoms with Gasteiger partial charge in [0.15, 0.2) is 5.82 Å². The molecule has 0 saturated heterocycles. The smallest absolute Gasteiger partial charge is 0.408 e. The summed E-state index contributed by atoms with van der Waals surface area (Å²) in [6, 6.07) is 16.4. The van der Waals surface area contributed by atoms with Crippen LogP contribution < -0.4 is 16.0 Å². The van der Waals surface area contributed by atoms with Crippen molar-refractivity contribution in [3.05, 3.63) is 83.8 Å². The van der Waals surface area contributed by atoms with Gasteiger partial charge < -0.3 is 34.9 Å². The van der Waals surface area contributed by atoms with E-state index in [4.69, 9.17) is 9.47 Å². The third kappa shape index (κ3) is 9.90. The lowest BCUT2D eigenvalue weighted by molar-refractivity contribution is -0.132. The van der Waals surface area contributed by atoms with Gasteiger partial charge in [-0.15, -0.1) is 0 Å². The Morgan fingerprint density at radius 3 is 2.36 bits per heavy atom. The predicted octanol–water partition coefficient (Wildman–Crippen LogP) is 3.41. The molecule has 0 radical (unpaired) electrons. The largest absolute Gasteiger partial charge is 0.444 e. The van der Waals surface area contributed by atoms with Crippen molar-refractivity contribution < 1.29 is 28.7 Å². The van der Waals surface area contributed by atoms with Crippen LogP contribution in [0.2, 0.25) is 0 Å². The number of imidazole rings is 1. The van der Waals surface area contributed by atoms with Gasteiger partial charge in [-0.2, -0.15) is 0 Å². The summed E-state index contributed by atoms with van der Waals surface area (Å²) in [7, 11) is 0. The van der Waals surface area contributed by atoms with E-state index in [1.807, 2.05) is 53.4 Å². The Labute approximate surface area is 263 Å². The van der Waals surface area contributed by atoms with Crippen molar-refractivity contribution in [1.29, 1.82) is 0 Å². The molecule has 0 aliphatic carbocycles. The Hall–Kier alpha value is -4.71. The summed E-state index contributed by atoms with van der Waals surface area (Å²) >= 11 is 0. The van der Waals surface area contributed by atoms with Gasteiger partial charge in [0.1, 0.15) is 23.7 Å². The fourth-order valence-electron chi connectivity index (χ4n) is 4.70. The molecule has 0 spiro atoms. The molecule has 1 atom stereocenters. The molecule has 4 rings (SSSR count). The molecule has 2 heterocycles. The first kappa shape index (κ1) is 33.2. The van der Waals surface area contributed by atoms with Gasteiger partial charge in [-0.3, -0.25) is 14.4 Å². The maximum atomic E-state index is 13.4. The van der Waals surface area contributed by atoms with Crippen molar-refractivity contribution in [3.8, 4) is 0 Å². The number of fused-ring (bicyclic) bond motifs is 1. The Balaban J connectivity index is 1.38. The monoisotopic (exact) mass is 618 g/mol. The van der Waals surface area contributed by atoms with Crippen LogP contribution in [0.1, 0.15) is 51.3 Å². The van der Waals surface area contributed by atoms with Gasteiger partial charge in [0.25, 0.3) is 5.91 Å². The number of hydrogen-bond donors (Lipinski definition) is 3. The Morgan fingerprint density at radius 2 is 1.64 bits per heavy atom. The molecular weight excluding hydrogens is 576 g/mol. The minimum atomic E-state index is -1.41. The molecule has 0 bridgehead atoms. The van der Waals surface area contributed by atoms with Gasteiger partial charge in [-0.1, -0.05) is 54.6 Å². The van der Waals surface area contributed by atoms with Crippen LogP contribution in [-0.2, 0) is 50.0 Å². The van der Waals surface area contributed by atoms with Crippen LogP contribution in [0.25, 0.3) is 0 Å². The zero-order valence-corrected chi connectivity index (χ0v) is 26.5. The highest BCUT2D eigenvalue weighted by Gasteiger charge is 2.34. The highest BCUT2D eigenvalue weighted by Crippen LogP contribution is 2.19. The number of anilines is 1. The number of carbonyl (C=O) groups is 4. The number of benzene rings is 2. The molecule has 3 aromatic rings. The van der Waals surface area contributed by atoms with E-state index >= 15 is 0 Å². The van der Waals surface area contributed by atoms with E-state index < -0.39 is 35.1 Å². The summed E-state index contributed by atoms with van der Waals surface area (Å²) in [6.07, 6.45) is 3.07. The highest BCUT2D eigenvalue weighted by atomic mass is 16.6. The van der Waals surface area contributed by atoms with Crippen LogP contribution in [0, 0.1) is 0 Å². The zero-order valence-electron chi connectivity index (χ0n) is 26.5. The Bertz CT molecular complexity index is 1500. The van der Waals surface area contributed by atoms with Crippen molar-refractivity contribution in [1.82, 2.24) is 25.1 Å². The SMILES string of the molecule is CC(C)(C)OC(=O)NC(C)(C)C(=O)N[C@H](COCc1ccccc1)C(=O)Nc1cn(CC(=O)N2CCc3ccccc3C2)cn1. The van der Waals surface area contributed by atoms with Crippen LogP contribution in [0.15, 0.2) is 67.1 Å². The lowest BCUT2D eigenvalue weighted by Gasteiger charge is -2.29. The quantitative estimate of drug-likeness (QED) is 0.299. The van der Waals surface area contributed by atoms with Crippen molar-refractivity contribution in [2.45, 2.75) is 77.9 Å².